The lowest BCUT2D eigenvalue weighted by Crippen LogP contribution is -2.28. The van der Waals surface area contributed by atoms with Crippen LogP contribution in [0, 0.1) is 0 Å². The Labute approximate surface area is 113 Å². The minimum atomic E-state index is -3.28. The van der Waals surface area contributed by atoms with Gasteiger partial charge in [-0.25, -0.2) is 13.2 Å². The maximum atomic E-state index is 11.3. The van der Waals surface area contributed by atoms with Gasteiger partial charge in [0.1, 0.15) is 0 Å². The molecule has 0 aromatic heterocycles. The Morgan fingerprint density at radius 1 is 1.26 bits per heavy atom. The fourth-order valence-corrected chi connectivity index (χ4v) is 1.85. The highest BCUT2D eigenvalue weighted by molar-refractivity contribution is 7.92. The van der Waals surface area contributed by atoms with Crippen molar-refractivity contribution < 1.29 is 13.2 Å². The van der Waals surface area contributed by atoms with E-state index < -0.39 is 10.0 Å². The lowest BCUT2D eigenvalue weighted by Gasteiger charge is -2.08. The number of amides is 2. The second-order valence-electron chi connectivity index (χ2n) is 3.71. The van der Waals surface area contributed by atoms with E-state index in [1.54, 1.807) is 37.3 Å². The Hall–Kier alpha value is -2.02. The van der Waals surface area contributed by atoms with Gasteiger partial charge in [0, 0.05) is 17.9 Å². The van der Waals surface area contributed by atoms with Gasteiger partial charge in [0.15, 0.2) is 0 Å². The zero-order valence-corrected chi connectivity index (χ0v) is 11.5. The van der Waals surface area contributed by atoms with Crippen molar-refractivity contribution in [2.75, 3.05) is 22.3 Å². The zero-order valence-electron chi connectivity index (χ0n) is 10.6. The first-order chi connectivity index (χ1) is 8.96. The first kappa shape index (κ1) is 15.0. The summed E-state index contributed by atoms with van der Waals surface area (Å²) in [7, 11) is -3.28. The third-order valence-electron chi connectivity index (χ3n) is 2.20. The molecule has 3 N–H and O–H groups in total. The Balaban J connectivity index is 2.61. The first-order valence-electron chi connectivity index (χ1n) is 5.73. The summed E-state index contributed by atoms with van der Waals surface area (Å²) in [6.07, 6.45) is 1.57. The molecule has 7 heteroatoms. The van der Waals surface area contributed by atoms with Crippen LogP contribution in [0.1, 0.15) is 6.92 Å². The summed E-state index contributed by atoms with van der Waals surface area (Å²) < 4.78 is 25.1. The average Bonchev–Trinajstić information content (AvgIpc) is 2.38. The zero-order chi connectivity index (χ0) is 14.3. The third kappa shape index (κ3) is 5.43. The minimum Gasteiger partial charge on any atom is -0.334 e. The van der Waals surface area contributed by atoms with E-state index in [1.807, 2.05) is 0 Å². The molecule has 6 nitrogen and oxygen atoms in total. The molecule has 1 aromatic carbocycles. The average molecular weight is 283 g/mol. The summed E-state index contributed by atoms with van der Waals surface area (Å²) in [5.74, 6) is 0.0109. The molecule has 19 heavy (non-hydrogen) atoms. The molecule has 0 saturated carbocycles. The Morgan fingerprint density at radius 2 is 1.84 bits per heavy atom. The first-order valence-corrected chi connectivity index (χ1v) is 7.38. The van der Waals surface area contributed by atoms with Crippen molar-refractivity contribution in [3.8, 4) is 0 Å². The molecule has 0 fully saturated rings. The van der Waals surface area contributed by atoms with Crippen LogP contribution in [-0.4, -0.2) is 26.7 Å². The standard InChI is InChI=1S/C12H17N3O3S/c1-3-9-13-12(16)14-10-5-7-11(8-6-10)15-19(17,18)4-2/h3,5-8,15H,1,4,9H2,2H3,(H2,13,14,16). The second-order valence-corrected chi connectivity index (χ2v) is 5.72. The molecule has 1 aromatic rings. The Bertz CT molecular complexity index is 538. The molecule has 0 saturated heterocycles. The number of anilines is 2. The molecule has 1 rings (SSSR count). The summed E-state index contributed by atoms with van der Waals surface area (Å²) in [4.78, 5) is 11.3. The van der Waals surface area contributed by atoms with Crippen LogP contribution in [0.3, 0.4) is 0 Å². The van der Waals surface area contributed by atoms with Crippen LogP contribution >= 0.6 is 0 Å². The number of urea groups is 1. The van der Waals surface area contributed by atoms with E-state index in [4.69, 9.17) is 0 Å². The van der Waals surface area contributed by atoms with E-state index in [9.17, 15) is 13.2 Å². The van der Waals surface area contributed by atoms with Crippen LogP contribution in [0.25, 0.3) is 0 Å². The van der Waals surface area contributed by atoms with Crippen molar-refractivity contribution in [3.05, 3.63) is 36.9 Å². The van der Waals surface area contributed by atoms with Crippen LogP contribution in [0.5, 0.6) is 0 Å². The van der Waals surface area contributed by atoms with Gasteiger partial charge in [-0.05, 0) is 31.2 Å². The van der Waals surface area contributed by atoms with Crippen LogP contribution < -0.4 is 15.4 Å². The van der Waals surface area contributed by atoms with Gasteiger partial charge in [-0.2, -0.15) is 0 Å². The number of benzene rings is 1. The Kier molecular flexibility index (Phi) is 5.37. The van der Waals surface area contributed by atoms with Crippen molar-refractivity contribution in [2.45, 2.75) is 6.92 Å². The molecule has 0 unspecified atom stereocenters. The fourth-order valence-electron chi connectivity index (χ4n) is 1.21. The fraction of sp³-hybridized carbons (Fsp3) is 0.250. The van der Waals surface area contributed by atoms with Crippen LogP contribution in [0.4, 0.5) is 16.2 Å². The smallest absolute Gasteiger partial charge is 0.319 e. The number of hydrogen-bond donors (Lipinski definition) is 3. The molecule has 104 valence electrons. The van der Waals surface area contributed by atoms with Crippen molar-refractivity contribution in [1.82, 2.24) is 5.32 Å². The number of carbonyl (C=O) groups excluding carboxylic acids is 1. The molecule has 0 spiro atoms. The van der Waals surface area contributed by atoms with Gasteiger partial charge in [-0.3, -0.25) is 4.72 Å². The number of hydrogen-bond acceptors (Lipinski definition) is 3. The normalized spacial score (nSPS) is 10.6. The van der Waals surface area contributed by atoms with Gasteiger partial charge in [-0.15, -0.1) is 6.58 Å². The van der Waals surface area contributed by atoms with Gasteiger partial charge in [0.05, 0.1) is 5.75 Å². The van der Waals surface area contributed by atoms with Gasteiger partial charge >= 0.3 is 6.03 Å². The van der Waals surface area contributed by atoms with Crippen molar-refractivity contribution in [2.24, 2.45) is 0 Å². The highest BCUT2D eigenvalue weighted by atomic mass is 32.2. The lowest BCUT2D eigenvalue weighted by atomic mass is 10.3. The van der Waals surface area contributed by atoms with E-state index in [0.29, 0.717) is 17.9 Å². The largest absolute Gasteiger partial charge is 0.334 e. The van der Waals surface area contributed by atoms with E-state index in [2.05, 4.69) is 21.9 Å². The molecule has 0 bridgehead atoms. The minimum absolute atomic E-state index is 0.0109. The predicted octanol–water partition coefficient (Wildman–Crippen LogP) is 1.76. The number of nitrogens with one attached hydrogen (secondary N) is 3. The van der Waals surface area contributed by atoms with Crippen LogP contribution in [0.15, 0.2) is 36.9 Å². The SMILES string of the molecule is C=CCNC(=O)Nc1ccc(NS(=O)(=O)CC)cc1. The molecule has 2 amide bonds. The summed E-state index contributed by atoms with van der Waals surface area (Å²) in [5.41, 5.74) is 1.03. The monoisotopic (exact) mass is 283 g/mol. The lowest BCUT2D eigenvalue weighted by molar-refractivity contribution is 0.253. The third-order valence-corrected chi connectivity index (χ3v) is 3.51. The topological polar surface area (TPSA) is 87.3 Å². The van der Waals surface area contributed by atoms with Crippen molar-refractivity contribution in [1.29, 1.82) is 0 Å². The quantitative estimate of drug-likeness (QED) is 0.695. The second kappa shape index (κ2) is 6.79. The molecular weight excluding hydrogens is 266 g/mol. The molecular formula is C12H17N3O3S. The maximum absolute atomic E-state index is 11.3. The maximum Gasteiger partial charge on any atom is 0.319 e. The van der Waals surface area contributed by atoms with Gasteiger partial charge in [0.2, 0.25) is 10.0 Å². The van der Waals surface area contributed by atoms with E-state index in [1.165, 1.54) is 0 Å². The number of sulfonamides is 1. The van der Waals surface area contributed by atoms with E-state index in [-0.39, 0.29) is 11.8 Å². The molecule has 0 atom stereocenters. The summed E-state index contributed by atoms with van der Waals surface area (Å²) in [6.45, 7) is 5.42. The molecule has 0 aliphatic carbocycles. The summed E-state index contributed by atoms with van der Waals surface area (Å²) >= 11 is 0. The van der Waals surface area contributed by atoms with Gasteiger partial charge in [-0.1, -0.05) is 6.08 Å². The van der Waals surface area contributed by atoms with Gasteiger partial charge in [0.25, 0.3) is 0 Å². The highest BCUT2D eigenvalue weighted by Crippen LogP contribution is 2.14. The highest BCUT2D eigenvalue weighted by Gasteiger charge is 2.06. The van der Waals surface area contributed by atoms with Gasteiger partial charge < -0.3 is 10.6 Å². The van der Waals surface area contributed by atoms with Crippen molar-refractivity contribution >= 4 is 27.4 Å². The summed E-state index contributed by atoms with van der Waals surface area (Å²) in [5, 5.41) is 5.17. The summed E-state index contributed by atoms with van der Waals surface area (Å²) in [6, 6.07) is 6.04. The van der Waals surface area contributed by atoms with E-state index in [0.717, 1.165) is 0 Å². The molecule has 0 aliphatic heterocycles. The molecule has 0 aliphatic rings. The van der Waals surface area contributed by atoms with E-state index >= 15 is 0 Å². The van der Waals surface area contributed by atoms with Crippen LogP contribution in [-0.2, 0) is 10.0 Å². The number of carbonyl (C=O) groups is 1. The van der Waals surface area contributed by atoms with Crippen molar-refractivity contribution in [3.63, 3.8) is 0 Å². The predicted molar refractivity (Wildman–Crippen MR) is 76.7 cm³/mol. The van der Waals surface area contributed by atoms with Crippen LogP contribution in [0.2, 0.25) is 0 Å². The number of rotatable bonds is 6. The Morgan fingerprint density at radius 3 is 2.37 bits per heavy atom. The molecule has 0 heterocycles. The molecule has 0 radical (unpaired) electrons.